The molecule has 178 valence electrons. The van der Waals surface area contributed by atoms with E-state index in [9.17, 15) is 9.90 Å². The number of carbonyl (C=O) groups is 1. The number of methoxy groups -OCH3 is 1. The summed E-state index contributed by atoms with van der Waals surface area (Å²) in [6.45, 7) is 4.43. The number of ether oxygens (including phenoxy) is 3. The van der Waals surface area contributed by atoms with Gasteiger partial charge in [0.2, 0.25) is 0 Å². The molecule has 1 heterocycles. The molecule has 4 aromatic rings. The number of carboxylic acids is 1. The van der Waals surface area contributed by atoms with E-state index < -0.39 is 5.97 Å². The number of carboxylic acid groups (broad SMARTS) is 1. The summed E-state index contributed by atoms with van der Waals surface area (Å²) in [6, 6.07) is 24.3. The van der Waals surface area contributed by atoms with Gasteiger partial charge in [-0.2, -0.15) is 0 Å². The molecular formula is C29H27NO5. The zero-order valence-corrected chi connectivity index (χ0v) is 19.9. The minimum Gasteiger partial charge on any atom is -0.497 e. The predicted octanol–water partition coefficient (Wildman–Crippen LogP) is 6.23. The van der Waals surface area contributed by atoms with Crippen molar-refractivity contribution >= 4 is 5.97 Å². The first kappa shape index (κ1) is 23.8. The first-order valence-electron chi connectivity index (χ1n) is 11.2. The summed E-state index contributed by atoms with van der Waals surface area (Å²) >= 11 is 0. The minimum absolute atomic E-state index is 0.0160. The van der Waals surface area contributed by atoms with Crippen LogP contribution in [0.25, 0.3) is 11.3 Å². The van der Waals surface area contributed by atoms with E-state index in [1.54, 1.807) is 19.2 Å². The highest BCUT2D eigenvalue weighted by molar-refractivity contribution is 5.89. The molecule has 0 atom stereocenters. The number of benzene rings is 3. The van der Waals surface area contributed by atoms with E-state index in [1.807, 2.05) is 80.6 Å². The Morgan fingerprint density at radius 3 is 2.31 bits per heavy atom. The van der Waals surface area contributed by atoms with Gasteiger partial charge in [-0.05, 0) is 73.0 Å². The standard InChI is InChI=1S/C29H27NO5/c1-19-9-10-23(15-20(19)2)34-18-27-24(29(31)32)12-13-26(30-27)25-16-22(33-3)11-14-28(25)35-17-21-7-5-4-6-8-21/h4-16H,17-18H2,1-3H3,(H,31,32). The molecule has 3 aromatic carbocycles. The van der Waals surface area contributed by atoms with Crippen molar-refractivity contribution in [1.29, 1.82) is 0 Å². The molecule has 35 heavy (non-hydrogen) atoms. The van der Waals surface area contributed by atoms with Gasteiger partial charge < -0.3 is 19.3 Å². The Labute approximate surface area is 204 Å². The smallest absolute Gasteiger partial charge is 0.337 e. The van der Waals surface area contributed by atoms with Crippen molar-refractivity contribution in [2.24, 2.45) is 0 Å². The van der Waals surface area contributed by atoms with Crippen LogP contribution >= 0.6 is 0 Å². The molecule has 0 spiro atoms. The molecule has 0 aliphatic carbocycles. The molecule has 0 radical (unpaired) electrons. The molecule has 0 aliphatic heterocycles. The van der Waals surface area contributed by atoms with Crippen molar-refractivity contribution in [2.75, 3.05) is 7.11 Å². The van der Waals surface area contributed by atoms with E-state index in [2.05, 4.69) is 4.98 Å². The van der Waals surface area contributed by atoms with Gasteiger partial charge >= 0.3 is 5.97 Å². The van der Waals surface area contributed by atoms with Crippen molar-refractivity contribution in [3.63, 3.8) is 0 Å². The zero-order valence-electron chi connectivity index (χ0n) is 19.9. The number of aryl methyl sites for hydroxylation is 2. The maximum absolute atomic E-state index is 11.9. The summed E-state index contributed by atoms with van der Waals surface area (Å²) in [5, 5.41) is 9.71. The quantitative estimate of drug-likeness (QED) is 0.313. The molecule has 6 heteroatoms. The lowest BCUT2D eigenvalue weighted by Crippen LogP contribution is -2.09. The third-order valence-electron chi connectivity index (χ3n) is 5.76. The lowest BCUT2D eigenvalue weighted by atomic mass is 10.1. The van der Waals surface area contributed by atoms with Gasteiger partial charge in [-0.25, -0.2) is 9.78 Å². The first-order chi connectivity index (χ1) is 16.9. The van der Waals surface area contributed by atoms with Crippen molar-refractivity contribution in [3.05, 3.63) is 107 Å². The van der Waals surface area contributed by atoms with E-state index in [-0.39, 0.29) is 12.2 Å². The van der Waals surface area contributed by atoms with E-state index in [0.29, 0.717) is 40.8 Å². The predicted molar refractivity (Wildman–Crippen MR) is 134 cm³/mol. The summed E-state index contributed by atoms with van der Waals surface area (Å²) in [5.74, 6) is 0.856. The van der Waals surface area contributed by atoms with Gasteiger partial charge in [0.05, 0.1) is 24.1 Å². The van der Waals surface area contributed by atoms with E-state index in [4.69, 9.17) is 14.2 Å². The first-order valence-corrected chi connectivity index (χ1v) is 11.2. The molecule has 0 unspecified atom stereocenters. The lowest BCUT2D eigenvalue weighted by Gasteiger charge is -2.15. The Balaban J connectivity index is 1.66. The van der Waals surface area contributed by atoms with Gasteiger partial charge in [0, 0.05) is 5.56 Å². The number of rotatable bonds is 9. The lowest BCUT2D eigenvalue weighted by molar-refractivity contribution is 0.0693. The van der Waals surface area contributed by atoms with Gasteiger partial charge in [-0.3, -0.25) is 0 Å². The van der Waals surface area contributed by atoms with Gasteiger partial charge in [-0.15, -0.1) is 0 Å². The minimum atomic E-state index is -1.06. The second-order valence-electron chi connectivity index (χ2n) is 8.17. The van der Waals surface area contributed by atoms with Crippen LogP contribution in [0.1, 0.15) is 32.7 Å². The Morgan fingerprint density at radius 2 is 1.60 bits per heavy atom. The molecule has 1 aromatic heterocycles. The molecule has 0 saturated carbocycles. The van der Waals surface area contributed by atoms with Crippen LogP contribution in [0.5, 0.6) is 17.2 Å². The average molecular weight is 470 g/mol. The Hall–Kier alpha value is -4.32. The van der Waals surface area contributed by atoms with E-state index >= 15 is 0 Å². The third kappa shape index (κ3) is 5.79. The summed E-state index contributed by atoms with van der Waals surface area (Å²) in [5.41, 5.74) is 4.97. The van der Waals surface area contributed by atoms with Crippen molar-refractivity contribution in [3.8, 4) is 28.5 Å². The van der Waals surface area contributed by atoms with Crippen LogP contribution in [0.15, 0.2) is 78.9 Å². The molecule has 6 nitrogen and oxygen atoms in total. The van der Waals surface area contributed by atoms with Crippen LogP contribution in [-0.2, 0) is 13.2 Å². The van der Waals surface area contributed by atoms with Crippen molar-refractivity contribution < 1.29 is 24.1 Å². The highest BCUT2D eigenvalue weighted by atomic mass is 16.5. The molecule has 0 aliphatic rings. The number of nitrogens with zero attached hydrogens (tertiary/aromatic N) is 1. The van der Waals surface area contributed by atoms with Gasteiger partial charge in [-0.1, -0.05) is 36.4 Å². The van der Waals surface area contributed by atoms with E-state index in [0.717, 1.165) is 16.7 Å². The topological polar surface area (TPSA) is 77.9 Å². The summed E-state index contributed by atoms with van der Waals surface area (Å²) in [4.78, 5) is 16.5. The SMILES string of the molecule is COc1ccc(OCc2ccccc2)c(-c2ccc(C(=O)O)c(COc3ccc(C)c(C)c3)n2)c1. The average Bonchev–Trinajstić information content (AvgIpc) is 2.88. The second-order valence-corrected chi connectivity index (χ2v) is 8.17. The largest absolute Gasteiger partial charge is 0.497 e. The number of aromatic nitrogens is 1. The molecule has 0 amide bonds. The Kier molecular flexibility index (Phi) is 7.31. The van der Waals surface area contributed by atoms with Crippen LogP contribution in [-0.4, -0.2) is 23.2 Å². The number of hydrogen-bond donors (Lipinski definition) is 1. The van der Waals surface area contributed by atoms with E-state index in [1.165, 1.54) is 0 Å². The third-order valence-corrected chi connectivity index (χ3v) is 5.76. The highest BCUT2D eigenvalue weighted by Gasteiger charge is 2.17. The van der Waals surface area contributed by atoms with Crippen molar-refractivity contribution in [1.82, 2.24) is 4.98 Å². The summed E-state index contributed by atoms with van der Waals surface area (Å²) in [7, 11) is 1.59. The van der Waals surface area contributed by atoms with Crippen LogP contribution in [0.3, 0.4) is 0 Å². The van der Waals surface area contributed by atoms with Crippen LogP contribution in [0.4, 0.5) is 0 Å². The molecule has 0 fully saturated rings. The Bertz CT molecular complexity index is 1330. The molecule has 0 bridgehead atoms. The van der Waals surface area contributed by atoms with Gasteiger partial charge in [0.1, 0.15) is 30.5 Å². The zero-order chi connectivity index (χ0) is 24.8. The molecule has 1 N–H and O–H groups in total. The normalized spacial score (nSPS) is 10.6. The summed E-state index contributed by atoms with van der Waals surface area (Å²) in [6.07, 6.45) is 0. The fourth-order valence-corrected chi connectivity index (χ4v) is 3.61. The fourth-order valence-electron chi connectivity index (χ4n) is 3.61. The van der Waals surface area contributed by atoms with Gasteiger partial charge in [0.25, 0.3) is 0 Å². The second kappa shape index (κ2) is 10.7. The Morgan fingerprint density at radius 1 is 0.829 bits per heavy atom. The van der Waals surface area contributed by atoms with Crippen LogP contribution < -0.4 is 14.2 Å². The van der Waals surface area contributed by atoms with Crippen LogP contribution in [0, 0.1) is 13.8 Å². The molecular weight excluding hydrogens is 442 g/mol. The summed E-state index contributed by atoms with van der Waals surface area (Å²) < 4.78 is 17.4. The van der Waals surface area contributed by atoms with Crippen LogP contribution in [0.2, 0.25) is 0 Å². The number of aromatic carboxylic acids is 1. The molecule has 4 rings (SSSR count). The maximum atomic E-state index is 11.9. The van der Waals surface area contributed by atoms with Crippen molar-refractivity contribution in [2.45, 2.75) is 27.1 Å². The maximum Gasteiger partial charge on any atom is 0.337 e. The highest BCUT2D eigenvalue weighted by Crippen LogP contribution is 2.34. The monoisotopic (exact) mass is 469 g/mol. The molecule has 0 saturated heterocycles. The van der Waals surface area contributed by atoms with Gasteiger partial charge in [0.15, 0.2) is 0 Å². The fraction of sp³-hybridized carbons (Fsp3) is 0.172. The number of hydrogen-bond acceptors (Lipinski definition) is 5. The number of pyridine rings is 1.